The van der Waals surface area contributed by atoms with Gasteiger partial charge in [0.2, 0.25) is 5.83 Å². The van der Waals surface area contributed by atoms with Gasteiger partial charge < -0.3 is 4.52 Å². The van der Waals surface area contributed by atoms with Crippen LogP contribution in [0.5, 0.6) is 0 Å². The van der Waals surface area contributed by atoms with Crippen molar-refractivity contribution in [2.24, 2.45) is 0 Å². The number of phosphoric acid groups is 1. The molecular weight excluding hydrogens is 553 g/mol. The predicted octanol–water partition coefficient (Wildman–Crippen LogP) is 8.07. The Kier molecular flexibility index (Phi) is 10.3. The van der Waals surface area contributed by atoms with Crippen LogP contribution in [0.1, 0.15) is 26.7 Å². The Balaban J connectivity index is 6.90. The third kappa shape index (κ3) is 6.06. The van der Waals surface area contributed by atoms with Crippen LogP contribution in [0, 0.1) is 0 Å². The topological polar surface area (TPSA) is 44.8 Å². The highest BCUT2D eigenvalue weighted by atomic mass is 31.2. The summed E-state index contributed by atoms with van der Waals surface area (Å²) in [5.41, 5.74) is 0. The molecule has 0 atom stereocenters. The van der Waals surface area contributed by atoms with Gasteiger partial charge in [0, 0.05) is 6.42 Å². The van der Waals surface area contributed by atoms with Gasteiger partial charge in [-0.2, -0.15) is 57.1 Å². The van der Waals surface area contributed by atoms with Gasteiger partial charge in [0.25, 0.3) is 0 Å². The minimum absolute atomic E-state index is 0.614. The van der Waals surface area contributed by atoms with Crippen LogP contribution in [0.4, 0.5) is 61.5 Å². The second kappa shape index (κ2) is 10.8. The summed E-state index contributed by atoms with van der Waals surface area (Å²) in [6, 6.07) is 0. The van der Waals surface area contributed by atoms with Crippen molar-refractivity contribution in [1.29, 1.82) is 0 Å². The van der Waals surface area contributed by atoms with Gasteiger partial charge >= 0.3 is 43.6 Å². The van der Waals surface area contributed by atoms with E-state index in [9.17, 15) is 66.0 Å². The minimum atomic E-state index is -8.22. The van der Waals surface area contributed by atoms with Crippen LogP contribution in [0.25, 0.3) is 0 Å². The maximum absolute atomic E-state index is 14.4. The van der Waals surface area contributed by atoms with Crippen LogP contribution in [0.15, 0.2) is 24.2 Å². The zero-order valence-corrected chi connectivity index (χ0v) is 18.4. The van der Waals surface area contributed by atoms with Crippen molar-refractivity contribution in [3.8, 4) is 0 Å². The first-order valence-electron chi connectivity index (χ1n) is 8.99. The molecule has 0 saturated heterocycles. The van der Waals surface area contributed by atoms with E-state index < -0.39 is 81.3 Å². The first kappa shape index (κ1) is 33.4. The molecule has 0 aromatic rings. The smallest absolute Gasteiger partial charge is 0.406 e. The van der Waals surface area contributed by atoms with Gasteiger partial charge in [0.1, 0.15) is 5.76 Å². The zero-order chi connectivity index (χ0) is 28.3. The van der Waals surface area contributed by atoms with Gasteiger partial charge in [0.05, 0.1) is 13.2 Å². The largest absolute Gasteiger partial charge is 0.529 e. The molecule has 0 aliphatic heterocycles. The lowest BCUT2D eigenvalue weighted by atomic mass is 9.93. The molecule has 0 aromatic heterocycles. The number of hydrogen-bond acceptors (Lipinski definition) is 4. The summed E-state index contributed by atoms with van der Waals surface area (Å²) in [6.45, 7) is 3.96. The van der Waals surface area contributed by atoms with Crippen LogP contribution in [0.3, 0.4) is 0 Å². The quantitative estimate of drug-likeness (QED) is 0.0918. The van der Waals surface area contributed by atoms with Gasteiger partial charge in [0.15, 0.2) is 0 Å². The molecule has 0 aliphatic carbocycles. The van der Waals surface area contributed by atoms with Crippen molar-refractivity contribution >= 4 is 7.82 Å². The first-order chi connectivity index (χ1) is 15.4. The van der Waals surface area contributed by atoms with E-state index in [2.05, 4.69) is 20.2 Å². The van der Waals surface area contributed by atoms with E-state index in [-0.39, 0.29) is 0 Å². The molecular formula is C16H17F14O4P. The number of hydrogen-bond donors (Lipinski definition) is 0. The highest BCUT2D eigenvalue weighted by Gasteiger charge is 2.91. The molecule has 0 unspecified atom stereocenters. The van der Waals surface area contributed by atoms with Crippen LogP contribution in [0.2, 0.25) is 0 Å². The molecule has 0 fully saturated rings. The maximum Gasteiger partial charge on any atom is 0.529 e. The van der Waals surface area contributed by atoms with Crippen LogP contribution < -0.4 is 0 Å². The summed E-state index contributed by atoms with van der Waals surface area (Å²) < 4.78 is 212. The molecule has 0 rings (SSSR count). The Hall–Kier alpha value is -1.55. The molecule has 0 spiro atoms. The molecule has 0 amide bonds. The first-order valence-corrected chi connectivity index (χ1v) is 10.5. The van der Waals surface area contributed by atoms with Gasteiger partial charge in [-0.1, -0.05) is 6.08 Å². The van der Waals surface area contributed by atoms with Crippen molar-refractivity contribution in [2.45, 2.75) is 62.5 Å². The molecule has 35 heavy (non-hydrogen) atoms. The molecule has 4 nitrogen and oxygen atoms in total. The van der Waals surface area contributed by atoms with Gasteiger partial charge in [-0.15, -0.1) is 6.58 Å². The Bertz CT molecular complexity index is 812. The average molecular weight is 570 g/mol. The standard InChI is InChI=1S/C16H17F14O4P/c1-4-7-8-9(34-35(31,32-5-2)33-6-3)10(17)11(18,19)12(20,21)13(22,23)14(24,25)15(26,27)16(28,29)30/h4H,1,5-8H2,2-3H3/b10-9+. The van der Waals surface area contributed by atoms with E-state index in [1.165, 1.54) is 0 Å². The summed E-state index contributed by atoms with van der Waals surface area (Å²) in [4.78, 5) is 0. The maximum atomic E-state index is 14.4. The van der Waals surface area contributed by atoms with E-state index in [1.807, 2.05) is 0 Å². The highest BCUT2D eigenvalue weighted by molar-refractivity contribution is 7.48. The summed E-state index contributed by atoms with van der Waals surface area (Å²) in [6.07, 6.45) is -8.90. The van der Waals surface area contributed by atoms with Crippen molar-refractivity contribution in [3.05, 3.63) is 24.2 Å². The fraction of sp³-hybridized carbons (Fsp3) is 0.750. The van der Waals surface area contributed by atoms with Gasteiger partial charge in [-0.25, -0.2) is 8.96 Å². The molecule has 0 radical (unpaired) electrons. The predicted molar refractivity (Wildman–Crippen MR) is 90.3 cm³/mol. The average Bonchev–Trinajstić information content (AvgIpc) is 2.69. The lowest BCUT2D eigenvalue weighted by Crippen LogP contribution is -2.70. The second-order valence-electron chi connectivity index (χ2n) is 6.31. The summed E-state index contributed by atoms with van der Waals surface area (Å²) >= 11 is 0. The number of rotatable bonds is 14. The number of phosphoric ester groups is 1. The van der Waals surface area contributed by atoms with E-state index >= 15 is 0 Å². The Morgan fingerprint density at radius 2 is 1.17 bits per heavy atom. The zero-order valence-electron chi connectivity index (χ0n) is 17.5. The normalized spacial score (nSPS) is 15.7. The van der Waals surface area contributed by atoms with Crippen LogP contribution in [-0.4, -0.2) is 49.0 Å². The molecule has 0 bridgehead atoms. The molecule has 0 heterocycles. The van der Waals surface area contributed by atoms with Gasteiger partial charge in [-0.3, -0.25) is 9.05 Å². The lowest BCUT2D eigenvalue weighted by Gasteiger charge is -2.39. The van der Waals surface area contributed by atoms with Crippen LogP contribution >= 0.6 is 7.82 Å². The number of allylic oxidation sites excluding steroid dienone is 3. The fourth-order valence-electron chi connectivity index (χ4n) is 2.05. The molecule has 208 valence electrons. The van der Waals surface area contributed by atoms with E-state index in [0.29, 0.717) is 0 Å². The second-order valence-corrected chi connectivity index (χ2v) is 7.90. The fourth-order valence-corrected chi connectivity index (χ4v) is 3.31. The lowest BCUT2D eigenvalue weighted by molar-refractivity contribution is -0.437. The Morgan fingerprint density at radius 1 is 0.771 bits per heavy atom. The molecule has 0 N–H and O–H groups in total. The minimum Gasteiger partial charge on any atom is -0.406 e. The molecule has 19 heteroatoms. The third-order valence-electron chi connectivity index (χ3n) is 3.83. The molecule has 0 aromatic carbocycles. The third-order valence-corrected chi connectivity index (χ3v) is 5.42. The number of halogens is 14. The summed E-state index contributed by atoms with van der Waals surface area (Å²) in [5, 5.41) is 0. The Labute approximate surface area is 188 Å². The monoisotopic (exact) mass is 570 g/mol. The summed E-state index contributed by atoms with van der Waals surface area (Å²) in [7, 11) is -5.13. The SMILES string of the molecule is C=CCC/C(OP(=O)(OCC)OCC)=C(\F)C(F)(F)C(F)(F)C(F)(F)C(F)(F)C(F)(F)C(F)(F)F. The van der Waals surface area contributed by atoms with E-state index in [0.717, 1.165) is 19.9 Å². The number of alkyl halides is 13. The van der Waals surface area contributed by atoms with Crippen molar-refractivity contribution < 1.29 is 79.6 Å². The Morgan fingerprint density at radius 3 is 1.51 bits per heavy atom. The molecule has 0 aliphatic rings. The van der Waals surface area contributed by atoms with E-state index in [4.69, 9.17) is 0 Å². The highest BCUT2D eigenvalue weighted by Crippen LogP contribution is 2.62. The van der Waals surface area contributed by atoms with Gasteiger partial charge in [-0.05, 0) is 20.3 Å². The van der Waals surface area contributed by atoms with Crippen LogP contribution in [-0.2, 0) is 18.1 Å². The van der Waals surface area contributed by atoms with Crippen molar-refractivity contribution in [2.75, 3.05) is 13.2 Å². The summed E-state index contributed by atoms with van der Waals surface area (Å²) in [5.74, 6) is -45.6. The van der Waals surface area contributed by atoms with E-state index in [1.54, 1.807) is 0 Å². The van der Waals surface area contributed by atoms with Crippen molar-refractivity contribution in [1.82, 2.24) is 0 Å². The molecule has 0 saturated carbocycles. The van der Waals surface area contributed by atoms with Crippen molar-refractivity contribution in [3.63, 3.8) is 0 Å².